The van der Waals surface area contributed by atoms with Gasteiger partial charge in [0.15, 0.2) is 5.69 Å². The molecule has 28 heavy (non-hydrogen) atoms. The summed E-state index contributed by atoms with van der Waals surface area (Å²) in [5.74, 6) is -1.93. The summed E-state index contributed by atoms with van der Waals surface area (Å²) >= 11 is 0. The molecule has 0 saturated heterocycles. The second-order valence-corrected chi connectivity index (χ2v) is 5.81. The lowest BCUT2D eigenvalue weighted by molar-refractivity contribution is 0.0692. The van der Waals surface area contributed by atoms with Crippen molar-refractivity contribution < 1.29 is 23.9 Å². The van der Waals surface area contributed by atoms with Gasteiger partial charge in [-0.2, -0.15) is 10.2 Å². The zero-order chi connectivity index (χ0) is 20.3. The van der Waals surface area contributed by atoms with Gasteiger partial charge < -0.3 is 20.2 Å². The first-order valence-corrected chi connectivity index (χ1v) is 8.35. The number of aromatic carboxylic acids is 1. The highest BCUT2D eigenvalue weighted by atomic mass is 16.4. The van der Waals surface area contributed by atoms with Gasteiger partial charge in [0.1, 0.15) is 17.0 Å². The molecular weight excluding hydrogens is 368 g/mol. The van der Waals surface area contributed by atoms with Gasteiger partial charge in [-0.05, 0) is 19.1 Å². The summed E-state index contributed by atoms with van der Waals surface area (Å²) < 4.78 is 7.82. The fourth-order valence-electron chi connectivity index (χ4n) is 2.61. The molecule has 3 aromatic heterocycles. The molecule has 3 N–H and O–H groups in total. The Morgan fingerprint density at radius 1 is 1.29 bits per heavy atom. The van der Waals surface area contributed by atoms with Crippen molar-refractivity contribution in [2.24, 2.45) is 7.05 Å². The molecule has 2 amide bonds. The molecule has 0 atom stereocenters. The monoisotopic (exact) mass is 386 g/mol. The molecule has 3 aromatic rings. The van der Waals surface area contributed by atoms with E-state index >= 15 is 0 Å². The summed E-state index contributed by atoms with van der Waals surface area (Å²) in [6.07, 6.45) is 4.05. The molecule has 0 radical (unpaired) electrons. The molecule has 3 heterocycles. The normalized spacial score (nSPS) is 10.6. The van der Waals surface area contributed by atoms with Crippen LogP contribution < -0.4 is 10.6 Å². The molecular formula is C17H18N6O5. The highest BCUT2D eigenvalue weighted by molar-refractivity contribution is 6.11. The highest BCUT2D eigenvalue weighted by Crippen LogP contribution is 2.18. The smallest absolute Gasteiger partial charge is 0.339 e. The number of carboxylic acid groups (broad SMARTS) is 1. The minimum absolute atomic E-state index is 0.134. The van der Waals surface area contributed by atoms with E-state index in [0.717, 1.165) is 0 Å². The Morgan fingerprint density at radius 3 is 2.71 bits per heavy atom. The lowest BCUT2D eigenvalue weighted by atomic mass is 10.2. The lowest BCUT2D eigenvalue weighted by Crippen LogP contribution is -2.27. The average Bonchev–Trinajstić information content (AvgIpc) is 3.38. The van der Waals surface area contributed by atoms with Gasteiger partial charge in [0, 0.05) is 19.8 Å². The van der Waals surface area contributed by atoms with Crippen LogP contribution in [0.3, 0.4) is 0 Å². The molecule has 0 saturated carbocycles. The van der Waals surface area contributed by atoms with Crippen LogP contribution >= 0.6 is 0 Å². The Kier molecular flexibility index (Phi) is 5.25. The molecule has 0 unspecified atom stereocenters. The van der Waals surface area contributed by atoms with Gasteiger partial charge in [-0.25, -0.2) is 4.79 Å². The summed E-state index contributed by atoms with van der Waals surface area (Å²) in [5, 5.41) is 22.4. The van der Waals surface area contributed by atoms with E-state index in [4.69, 9.17) is 4.42 Å². The Hall–Kier alpha value is -3.89. The second kappa shape index (κ2) is 7.78. The van der Waals surface area contributed by atoms with Gasteiger partial charge in [0.05, 0.1) is 24.7 Å². The van der Waals surface area contributed by atoms with Gasteiger partial charge in [-0.3, -0.25) is 19.0 Å². The maximum atomic E-state index is 12.6. The van der Waals surface area contributed by atoms with Crippen LogP contribution in [0.1, 0.15) is 44.0 Å². The Bertz CT molecular complexity index is 1020. The highest BCUT2D eigenvalue weighted by Gasteiger charge is 2.25. The SMILES string of the molecule is CCn1ncc(NC(=O)c2nn(C)cc2C(=O)O)c1C(=O)NCc1ccco1. The molecule has 146 valence electrons. The number of hydrogen-bond donors (Lipinski definition) is 3. The fourth-order valence-corrected chi connectivity index (χ4v) is 2.61. The third-order valence-corrected chi connectivity index (χ3v) is 3.88. The molecule has 0 aromatic carbocycles. The van der Waals surface area contributed by atoms with Crippen molar-refractivity contribution in [1.82, 2.24) is 24.9 Å². The van der Waals surface area contributed by atoms with E-state index in [-0.39, 0.29) is 29.2 Å². The first kappa shape index (κ1) is 18.9. The first-order chi connectivity index (χ1) is 13.4. The van der Waals surface area contributed by atoms with Crippen LogP contribution in [0.4, 0.5) is 5.69 Å². The predicted octanol–water partition coefficient (Wildman–Crippen LogP) is 1.11. The number of carbonyl (C=O) groups is 3. The molecule has 0 aliphatic rings. The third kappa shape index (κ3) is 3.77. The minimum atomic E-state index is -1.28. The summed E-state index contributed by atoms with van der Waals surface area (Å²) in [5.41, 5.74) is -0.228. The van der Waals surface area contributed by atoms with Crippen LogP contribution in [-0.4, -0.2) is 42.5 Å². The standard InChI is InChI=1S/C17H18N6O5/c1-3-23-14(16(25)18-7-10-5-4-6-28-10)12(8-19-23)20-15(24)13-11(17(26)27)9-22(2)21-13/h4-6,8-9H,3,7H2,1-2H3,(H,18,25)(H,20,24)(H,26,27). The van der Waals surface area contributed by atoms with E-state index < -0.39 is 17.8 Å². The number of nitrogens with one attached hydrogen (secondary N) is 2. The van der Waals surface area contributed by atoms with Gasteiger partial charge in [0.25, 0.3) is 11.8 Å². The Labute approximate surface area is 158 Å². The number of nitrogens with zero attached hydrogens (tertiary/aromatic N) is 4. The first-order valence-electron chi connectivity index (χ1n) is 8.35. The number of carbonyl (C=O) groups excluding carboxylic acids is 2. The molecule has 0 spiro atoms. The maximum Gasteiger partial charge on any atom is 0.339 e. The van der Waals surface area contributed by atoms with Crippen LogP contribution in [0.5, 0.6) is 0 Å². The molecule has 0 aliphatic heterocycles. The van der Waals surface area contributed by atoms with E-state index in [1.54, 1.807) is 19.1 Å². The summed E-state index contributed by atoms with van der Waals surface area (Å²) in [4.78, 5) is 36.4. The lowest BCUT2D eigenvalue weighted by Gasteiger charge is -2.09. The van der Waals surface area contributed by atoms with Gasteiger partial charge in [-0.1, -0.05) is 0 Å². The Balaban J connectivity index is 1.83. The minimum Gasteiger partial charge on any atom is -0.478 e. The van der Waals surface area contributed by atoms with Crippen LogP contribution in [0.25, 0.3) is 0 Å². The number of anilines is 1. The summed E-state index contributed by atoms with van der Waals surface area (Å²) in [6, 6.07) is 3.42. The van der Waals surface area contributed by atoms with Crippen molar-refractivity contribution in [2.75, 3.05) is 5.32 Å². The summed E-state index contributed by atoms with van der Waals surface area (Å²) in [7, 11) is 1.51. The van der Waals surface area contributed by atoms with Crippen molar-refractivity contribution >= 4 is 23.5 Å². The maximum absolute atomic E-state index is 12.6. The van der Waals surface area contributed by atoms with Crippen LogP contribution in [0.15, 0.2) is 35.2 Å². The molecule has 3 rings (SSSR count). The van der Waals surface area contributed by atoms with Crippen molar-refractivity contribution in [1.29, 1.82) is 0 Å². The van der Waals surface area contributed by atoms with Crippen molar-refractivity contribution in [3.63, 3.8) is 0 Å². The number of rotatable bonds is 7. The van der Waals surface area contributed by atoms with E-state index in [1.807, 2.05) is 0 Å². The molecule has 11 heteroatoms. The van der Waals surface area contributed by atoms with Gasteiger partial charge >= 0.3 is 5.97 Å². The van der Waals surface area contributed by atoms with E-state index in [2.05, 4.69) is 20.8 Å². The zero-order valence-corrected chi connectivity index (χ0v) is 15.2. The largest absolute Gasteiger partial charge is 0.478 e. The average molecular weight is 386 g/mol. The third-order valence-electron chi connectivity index (χ3n) is 3.88. The fraction of sp³-hybridized carbons (Fsp3) is 0.235. The molecule has 0 fully saturated rings. The Morgan fingerprint density at radius 2 is 2.07 bits per heavy atom. The predicted molar refractivity (Wildman–Crippen MR) is 95.9 cm³/mol. The van der Waals surface area contributed by atoms with Gasteiger partial charge in [-0.15, -0.1) is 0 Å². The van der Waals surface area contributed by atoms with E-state index in [0.29, 0.717) is 12.3 Å². The number of carboxylic acids is 1. The number of furan rings is 1. The van der Waals surface area contributed by atoms with E-state index in [9.17, 15) is 19.5 Å². The van der Waals surface area contributed by atoms with Crippen molar-refractivity contribution in [2.45, 2.75) is 20.0 Å². The van der Waals surface area contributed by atoms with Crippen LogP contribution in [0.2, 0.25) is 0 Å². The molecule has 0 aliphatic carbocycles. The van der Waals surface area contributed by atoms with Crippen LogP contribution in [-0.2, 0) is 20.1 Å². The molecule has 11 nitrogen and oxygen atoms in total. The summed E-state index contributed by atoms with van der Waals surface area (Å²) in [6.45, 7) is 2.35. The zero-order valence-electron chi connectivity index (χ0n) is 15.2. The van der Waals surface area contributed by atoms with Crippen LogP contribution in [0, 0.1) is 0 Å². The number of aryl methyl sites for hydroxylation is 2. The second-order valence-electron chi connectivity index (χ2n) is 5.81. The number of aromatic nitrogens is 4. The number of hydrogen-bond acceptors (Lipinski definition) is 6. The number of amides is 2. The van der Waals surface area contributed by atoms with Gasteiger partial charge in [0.2, 0.25) is 0 Å². The topological polar surface area (TPSA) is 144 Å². The quantitative estimate of drug-likeness (QED) is 0.551. The van der Waals surface area contributed by atoms with E-state index in [1.165, 1.54) is 35.1 Å². The molecule has 0 bridgehead atoms. The van der Waals surface area contributed by atoms with Crippen molar-refractivity contribution in [3.05, 3.63) is 53.5 Å². The van der Waals surface area contributed by atoms with Crippen molar-refractivity contribution in [3.8, 4) is 0 Å².